The van der Waals surface area contributed by atoms with Crippen LogP contribution in [0, 0.1) is 0 Å². The Morgan fingerprint density at radius 1 is 2.00 bits per heavy atom. The molecule has 30 valence electrons. The molecule has 4 heteroatoms. The van der Waals surface area contributed by atoms with Gasteiger partial charge in [-0.3, -0.25) is 9.14 Å². The van der Waals surface area contributed by atoms with Gasteiger partial charge in [0.1, 0.15) is 0 Å². The monoisotopic (exact) mass is 157 g/mol. The van der Waals surface area contributed by atoms with Crippen molar-refractivity contribution in [3.63, 3.8) is 0 Å². The molecule has 1 N–H and O–H groups in total. The summed E-state index contributed by atoms with van der Waals surface area (Å²) in [4.78, 5) is 9.42. The van der Waals surface area contributed by atoms with Gasteiger partial charge in [-0.1, -0.05) is 0 Å². The number of hydrogen-bond acceptors (Lipinski definition) is 1. The summed E-state index contributed by atoms with van der Waals surface area (Å²) in [5.41, 5.74) is 0. The Labute approximate surface area is 42.8 Å². The Morgan fingerprint density at radius 2 is 2.20 bits per heavy atom. The van der Waals surface area contributed by atoms with Gasteiger partial charge in [0, 0.05) is 16.1 Å². The molecule has 0 aromatic heterocycles. The van der Waals surface area contributed by atoms with E-state index in [1.165, 1.54) is 0 Å². The van der Waals surface area contributed by atoms with Crippen molar-refractivity contribution in [2.24, 2.45) is 0 Å². The lowest BCUT2D eigenvalue weighted by atomic mass is 11.5. The molecule has 0 spiro atoms. The highest BCUT2D eigenvalue weighted by Gasteiger charge is 1.79. The number of rotatable bonds is 0. The SMILES string of the molecule is O=C(Cl)NBr. The van der Waals surface area contributed by atoms with Gasteiger partial charge in [0.15, 0.2) is 0 Å². The van der Waals surface area contributed by atoms with Crippen molar-refractivity contribution in [1.82, 2.24) is 4.34 Å². The minimum atomic E-state index is -0.606. The van der Waals surface area contributed by atoms with Gasteiger partial charge in [-0.05, 0) is 11.6 Å². The lowest BCUT2D eigenvalue weighted by Crippen LogP contribution is -1.97. The van der Waals surface area contributed by atoms with Crippen LogP contribution in [0.25, 0.3) is 0 Å². The molecule has 0 aromatic rings. The average molecular weight is 158 g/mol. The number of carbonyl (C=O) groups excluding carboxylic acids is 1. The number of carbonyl (C=O) groups is 1. The molecule has 5 heavy (non-hydrogen) atoms. The minimum Gasteiger partial charge on any atom is -0.279 e. The van der Waals surface area contributed by atoms with Crippen LogP contribution in [0.5, 0.6) is 0 Å². The molecule has 0 bridgehead atoms. The molecule has 0 unspecified atom stereocenters. The second-order valence-corrected chi connectivity index (χ2v) is 1.11. The van der Waals surface area contributed by atoms with Crippen molar-refractivity contribution < 1.29 is 4.79 Å². The van der Waals surface area contributed by atoms with E-state index >= 15 is 0 Å². The largest absolute Gasteiger partial charge is 0.323 e. The third kappa shape index (κ3) is 4.24. The highest BCUT2D eigenvalue weighted by molar-refractivity contribution is 9.08. The fraction of sp³-hybridized carbons (Fsp3) is 0. The molecule has 0 aromatic carbocycles. The Bertz CT molecular complexity index is 46.9. The summed E-state index contributed by atoms with van der Waals surface area (Å²) in [6.07, 6.45) is 0. The highest BCUT2D eigenvalue weighted by atomic mass is 79.9. The van der Waals surface area contributed by atoms with E-state index in [4.69, 9.17) is 0 Å². The molecule has 2 nitrogen and oxygen atoms in total. The summed E-state index contributed by atoms with van der Waals surface area (Å²) in [6, 6.07) is 0. The first-order valence-corrected chi connectivity index (χ1v) is 2.00. The van der Waals surface area contributed by atoms with Gasteiger partial charge >= 0.3 is 5.37 Å². The Balaban J connectivity index is 2.85. The van der Waals surface area contributed by atoms with Crippen LogP contribution in [0.1, 0.15) is 0 Å². The molecule has 0 rings (SSSR count). The summed E-state index contributed by atoms with van der Waals surface area (Å²) in [5.74, 6) is 0. The first kappa shape index (κ1) is 5.24. The average Bonchev–Trinajstić information content (AvgIpc) is 1.38. The summed E-state index contributed by atoms with van der Waals surface area (Å²) in [5, 5.41) is -0.606. The van der Waals surface area contributed by atoms with Crippen LogP contribution in [0.4, 0.5) is 4.79 Å². The molecule has 0 heterocycles. The molecule has 1 amide bonds. The van der Waals surface area contributed by atoms with E-state index in [0.29, 0.717) is 0 Å². The third-order valence-corrected chi connectivity index (χ3v) is 0.757. The molecule has 0 atom stereocenters. The summed E-state index contributed by atoms with van der Waals surface area (Å²) >= 11 is 7.25. The first-order chi connectivity index (χ1) is 2.27. The lowest BCUT2D eigenvalue weighted by molar-refractivity contribution is 0.264. The van der Waals surface area contributed by atoms with Crippen LogP contribution in [-0.4, -0.2) is 5.37 Å². The molecule has 0 fully saturated rings. The van der Waals surface area contributed by atoms with E-state index in [1.807, 2.05) is 4.34 Å². The molecule has 0 saturated heterocycles. The Hall–Kier alpha value is 0.240. The van der Waals surface area contributed by atoms with Crippen LogP contribution < -0.4 is 4.34 Å². The molecule has 0 aliphatic heterocycles. The predicted octanol–water partition coefficient (Wildman–Crippen LogP) is 1.24. The van der Waals surface area contributed by atoms with Gasteiger partial charge in [0.2, 0.25) is 0 Å². The molecule has 0 aliphatic carbocycles. The molecule has 0 aliphatic rings. The van der Waals surface area contributed by atoms with Crippen molar-refractivity contribution in [3.8, 4) is 0 Å². The smallest absolute Gasteiger partial charge is 0.279 e. The Morgan fingerprint density at radius 3 is 2.20 bits per heavy atom. The third-order valence-electron chi connectivity index (χ3n) is 0.0743. The number of hydrogen-bond donors (Lipinski definition) is 1. The maximum Gasteiger partial charge on any atom is 0.323 e. The van der Waals surface area contributed by atoms with E-state index in [0.717, 1.165) is 0 Å². The summed E-state index contributed by atoms with van der Waals surface area (Å²) < 4.78 is 1.97. The van der Waals surface area contributed by atoms with Crippen LogP contribution in [0.15, 0.2) is 0 Å². The van der Waals surface area contributed by atoms with Gasteiger partial charge < -0.3 is 0 Å². The van der Waals surface area contributed by atoms with Crippen LogP contribution in [-0.2, 0) is 0 Å². The fourth-order valence-electron chi connectivity index (χ4n) is 0. The lowest BCUT2D eigenvalue weighted by Gasteiger charge is -1.73. The molecule has 0 radical (unpaired) electrons. The van der Waals surface area contributed by atoms with Crippen molar-refractivity contribution in [1.29, 1.82) is 0 Å². The van der Waals surface area contributed by atoms with E-state index in [2.05, 4.69) is 27.7 Å². The highest BCUT2D eigenvalue weighted by Crippen LogP contribution is 1.77. The minimum absolute atomic E-state index is 0.606. The molecular weight excluding hydrogens is 157 g/mol. The van der Waals surface area contributed by atoms with Crippen molar-refractivity contribution in [3.05, 3.63) is 0 Å². The van der Waals surface area contributed by atoms with Crippen LogP contribution >= 0.6 is 27.7 Å². The zero-order valence-corrected chi connectivity index (χ0v) is 4.51. The summed E-state index contributed by atoms with van der Waals surface area (Å²) in [6.45, 7) is 0. The van der Waals surface area contributed by atoms with Gasteiger partial charge in [-0.25, -0.2) is 0 Å². The van der Waals surface area contributed by atoms with Gasteiger partial charge in [-0.2, -0.15) is 0 Å². The normalized spacial score (nSPS) is 6.80. The summed E-state index contributed by atoms with van der Waals surface area (Å²) in [7, 11) is 0. The fourth-order valence-corrected chi connectivity index (χ4v) is 0. The zero-order valence-electron chi connectivity index (χ0n) is 2.16. The van der Waals surface area contributed by atoms with Crippen molar-refractivity contribution in [2.75, 3.05) is 0 Å². The van der Waals surface area contributed by atoms with Crippen LogP contribution in [0.2, 0.25) is 0 Å². The maximum absolute atomic E-state index is 9.42. The first-order valence-electron chi connectivity index (χ1n) is 0.832. The second kappa shape index (κ2) is 2.48. The van der Waals surface area contributed by atoms with Crippen molar-refractivity contribution >= 4 is 33.1 Å². The number of amides is 1. The van der Waals surface area contributed by atoms with Gasteiger partial charge in [0.05, 0.1) is 0 Å². The quantitative estimate of drug-likeness (QED) is 0.321. The van der Waals surface area contributed by atoms with Crippen LogP contribution in [0.3, 0.4) is 0 Å². The maximum atomic E-state index is 9.42. The molecule has 0 saturated carbocycles. The van der Waals surface area contributed by atoms with E-state index in [9.17, 15) is 4.79 Å². The number of halogens is 2. The van der Waals surface area contributed by atoms with Gasteiger partial charge in [0.25, 0.3) is 0 Å². The Kier molecular flexibility index (Phi) is 2.59. The van der Waals surface area contributed by atoms with E-state index in [1.54, 1.807) is 0 Å². The molecular formula is CHBrClNO. The number of nitrogens with one attached hydrogen (secondary N) is 1. The van der Waals surface area contributed by atoms with Gasteiger partial charge in [-0.15, -0.1) is 0 Å². The standard InChI is InChI=1S/CHBrClNO/c2-4-1(3)5/h(H,4,5). The topological polar surface area (TPSA) is 29.1 Å². The van der Waals surface area contributed by atoms with Crippen molar-refractivity contribution in [2.45, 2.75) is 0 Å². The zero-order chi connectivity index (χ0) is 4.28. The van der Waals surface area contributed by atoms with E-state index < -0.39 is 5.37 Å². The second-order valence-electron chi connectivity index (χ2n) is 0.368. The van der Waals surface area contributed by atoms with E-state index in [-0.39, 0.29) is 0 Å². The predicted molar refractivity (Wildman–Crippen MR) is 23.3 cm³/mol.